The molecule has 1 aliphatic heterocycles. The summed E-state index contributed by atoms with van der Waals surface area (Å²) in [5, 5.41) is 2.93. The Labute approximate surface area is 228 Å². The zero-order valence-corrected chi connectivity index (χ0v) is 24.1. The van der Waals surface area contributed by atoms with Gasteiger partial charge in [-0.2, -0.15) is 0 Å². The lowest BCUT2D eigenvalue weighted by atomic mass is 10.1. The molecule has 0 saturated carbocycles. The number of benzene rings is 2. The Morgan fingerprint density at radius 2 is 1.79 bits per heavy atom. The van der Waals surface area contributed by atoms with E-state index in [-0.39, 0.29) is 11.8 Å². The monoisotopic (exact) mass is 674 g/mol. The van der Waals surface area contributed by atoms with Gasteiger partial charge in [0.1, 0.15) is 10.1 Å². The minimum absolute atomic E-state index is 0.0493. The van der Waals surface area contributed by atoms with Gasteiger partial charge < -0.3 is 10.1 Å². The minimum atomic E-state index is -0.0662. The predicted octanol–water partition coefficient (Wildman–Crippen LogP) is 7.38. The van der Waals surface area contributed by atoms with E-state index in [0.717, 1.165) is 44.0 Å². The molecule has 2 aromatic rings. The first-order chi connectivity index (χ1) is 15.8. The largest absolute Gasteiger partial charge is 0.497 e. The van der Waals surface area contributed by atoms with E-state index in [0.29, 0.717) is 27.9 Å². The van der Waals surface area contributed by atoms with Gasteiger partial charge in [0.25, 0.3) is 5.91 Å². The SMILES string of the molecule is COc1ccc(/C=C2\SC(=S)N(CCCCCC(=O)Nc3c(Br)cc(Br)cc3Br)C2=O)cc1. The zero-order valence-electron chi connectivity index (χ0n) is 17.7. The molecule has 0 atom stereocenters. The number of nitrogens with zero attached hydrogens (tertiary/aromatic N) is 1. The van der Waals surface area contributed by atoms with Crippen molar-refractivity contribution >= 4 is 99.7 Å². The van der Waals surface area contributed by atoms with Gasteiger partial charge in [0.2, 0.25) is 5.91 Å². The summed E-state index contributed by atoms with van der Waals surface area (Å²) < 4.78 is 8.25. The number of thioether (sulfide) groups is 1. The van der Waals surface area contributed by atoms with Crippen LogP contribution in [0.1, 0.15) is 31.2 Å². The van der Waals surface area contributed by atoms with Gasteiger partial charge in [-0.05, 0) is 80.6 Å². The van der Waals surface area contributed by atoms with Crippen LogP contribution in [-0.4, -0.2) is 34.7 Å². The van der Waals surface area contributed by atoms with E-state index in [1.807, 2.05) is 42.5 Å². The fourth-order valence-corrected chi connectivity index (χ4v) is 6.91. The Hall–Kier alpha value is -1.20. The second-order valence-electron chi connectivity index (χ2n) is 7.21. The van der Waals surface area contributed by atoms with Crippen LogP contribution in [0.25, 0.3) is 6.08 Å². The predicted molar refractivity (Wildman–Crippen MR) is 150 cm³/mol. The summed E-state index contributed by atoms with van der Waals surface area (Å²) in [4.78, 5) is 27.3. The molecule has 0 unspecified atom stereocenters. The van der Waals surface area contributed by atoms with Gasteiger partial charge in [0, 0.05) is 26.4 Å². The average molecular weight is 677 g/mol. The van der Waals surface area contributed by atoms with Gasteiger partial charge in [-0.25, -0.2) is 0 Å². The molecule has 0 spiro atoms. The second kappa shape index (κ2) is 12.5. The van der Waals surface area contributed by atoms with E-state index in [4.69, 9.17) is 17.0 Å². The van der Waals surface area contributed by atoms with E-state index >= 15 is 0 Å². The quantitative estimate of drug-likeness (QED) is 0.171. The Morgan fingerprint density at radius 1 is 1.12 bits per heavy atom. The summed E-state index contributed by atoms with van der Waals surface area (Å²) in [7, 11) is 1.62. The molecule has 3 rings (SSSR count). The van der Waals surface area contributed by atoms with E-state index in [2.05, 4.69) is 53.1 Å². The topological polar surface area (TPSA) is 58.6 Å². The highest BCUT2D eigenvalue weighted by molar-refractivity contribution is 9.11. The van der Waals surface area contributed by atoms with Crippen molar-refractivity contribution in [3.8, 4) is 5.75 Å². The third-order valence-corrected chi connectivity index (χ3v) is 7.93. The Balaban J connectivity index is 1.44. The van der Waals surface area contributed by atoms with Crippen LogP contribution in [-0.2, 0) is 9.59 Å². The average Bonchev–Trinajstić information content (AvgIpc) is 3.03. The number of carbonyl (C=O) groups is 2. The highest BCUT2D eigenvalue weighted by Gasteiger charge is 2.31. The molecule has 1 N–H and O–H groups in total. The summed E-state index contributed by atoms with van der Waals surface area (Å²) >= 11 is 17.1. The lowest BCUT2D eigenvalue weighted by Gasteiger charge is -2.14. The lowest BCUT2D eigenvalue weighted by molar-refractivity contribution is -0.122. The van der Waals surface area contributed by atoms with Crippen LogP contribution in [0.3, 0.4) is 0 Å². The molecule has 10 heteroatoms. The molecular formula is C23H21Br3N2O3S2. The van der Waals surface area contributed by atoms with Crippen molar-refractivity contribution in [2.75, 3.05) is 19.0 Å². The summed E-state index contributed by atoms with van der Waals surface area (Å²) in [6.07, 6.45) is 4.59. The number of rotatable bonds is 9. The standard InChI is InChI=1S/C23H21Br3N2O3S2/c1-31-16-8-6-14(7-9-16)11-19-22(30)28(23(32)33-19)10-4-2-3-5-20(29)27-21-17(25)12-15(24)13-18(21)26/h6-9,11-13H,2-5,10H2,1H3,(H,27,29)/b19-11-. The molecule has 2 amide bonds. The number of nitrogens with one attached hydrogen (secondary N) is 1. The highest BCUT2D eigenvalue weighted by Crippen LogP contribution is 2.35. The maximum Gasteiger partial charge on any atom is 0.266 e. The van der Waals surface area contributed by atoms with Gasteiger partial charge in [0.15, 0.2) is 0 Å². The van der Waals surface area contributed by atoms with Crippen LogP contribution in [0.4, 0.5) is 5.69 Å². The van der Waals surface area contributed by atoms with Crippen LogP contribution in [0.15, 0.2) is 54.7 Å². The third-order valence-electron chi connectivity index (χ3n) is 4.84. The third kappa shape index (κ3) is 7.39. The Bertz CT molecular complexity index is 1070. The lowest BCUT2D eigenvalue weighted by Crippen LogP contribution is -2.29. The first-order valence-electron chi connectivity index (χ1n) is 10.1. The van der Waals surface area contributed by atoms with Crippen LogP contribution in [0.2, 0.25) is 0 Å². The molecular weight excluding hydrogens is 656 g/mol. The first kappa shape index (κ1) is 26.4. The summed E-state index contributed by atoms with van der Waals surface area (Å²) in [5.41, 5.74) is 1.63. The van der Waals surface area contributed by atoms with Crippen molar-refractivity contribution in [2.45, 2.75) is 25.7 Å². The molecule has 0 aliphatic carbocycles. The van der Waals surface area contributed by atoms with Crippen molar-refractivity contribution in [2.24, 2.45) is 0 Å². The fourth-order valence-electron chi connectivity index (χ4n) is 3.14. The van der Waals surface area contributed by atoms with Gasteiger partial charge >= 0.3 is 0 Å². The van der Waals surface area contributed by atoms with E-state index < -0.39 is 0 Å². The molecule has 2 aromatic carbocycles. The molecule has 5 nitrogen and oxygen atoms in total. The highest BCUT2D eigenvalue weighted by atomic mass is 79.9. The minimum Gasteiger partial charge on any atom is -0.497 e. The van der Waals surface area contributed by atoms with E-state index in [9.17, 15) is 9.59 Å². The van der Waals surface area contributed by atoms with Gasteiger partial charge in [-0.3, -0.25) is 14.5 Å². The number of ether oxygens (including phenoxy) is 1. The number of methoxy groups -OCH3 is 1. The molecule has 1 heterocycles. The number of amides is 2. The Kier molecular flexibility index (Phi) is 9.99. The van der Waals surface area contributed by atoms with Crippen LogP contribution >= 0.6 is 71.8 Å². The molecule has 1 aliphatic rings. The number of thiocarbonyl (C=S) groups is 1. The Morgan fingerprint density at radius 3 is 2.42 bits per heavy atom. The van der Waals surface area contributed by atoms with Crippen LogP contribution < -0.4 is 10.1 Å². The van der Waals surface area contributed by atoms with Crippen molar-refractivity contribution in [1.29, 1.82) is 0 Å². The van der Waals surface area contributed by atoms with Gasteiger partial charge in [0.05, 0.1) is 17.7 Å². The second-order valence-corrected chi connectivity index (χ2v) is 11.5. The molecule has 174 valence electrons. The molecule has 0 radical (unpaired) electrons. The summed E-state index contributed by atoms with van der Waals surface area (Å²) in [6, 6.07) is 11.3. The maximum atomic E-state index is 12.8. The van der Waals surface area contributed by atoms with Crippen molar-refractivity contribution in [1.82, 2.24) is 4.90 Å². The maximum absolute atomic E-state index is 12.8. The number of hydrogen-bond acceptors (Lipinski definition) is 5. The molecule has 33 heavy (non-hydrogen) atoms. The van der Waals surface area contributed by atoms with Crippen LogP contribution in [0.5, 0.6) is 5.75 Å². The molecule has 1 saturated heterocycles. The number of unbranched alkanes of at least 4 members (excludes halogenated alkanes) is 2. The van der Waals surface area contributed by atoms with Crippen molar-refractivity contribution in [3.63, 3.8) is 0 Å². The normalized spacial score (nSPS) is 14.8. The molecule has 1 fully saturated rings. The summed E-state index contributed by atoms with van der Waals surface area (Å²) in [5.74, 6) is 0.653. The first-order valence-corrected chi connectivity index (χ1v) is 13.7. The van der Waals surface area contributed by atoms with Gasteiger partial charge in [-0.1, -0.05) is 58.5 Å². The molecule has 0 aromatic heterocycles. The van der Waals surface area contributed by atoms with Crippen molar-refractivity contribution in [3.05, 3.63) is 60.3 Å². The fraction of sp³-hybridized carbons (Fsp3) is 0.261. The number of halogens is 3. The number of hydrogen-bond donors (Lipinski definition) is 1. The van der Waals surface area contributed by atoms with Gasteiger partial charge in [-0.15, -0.1) is 0 Å². The van der Waals surface area contributed by atoms with Crippen molar-refractivity contribution < 1.29 is 14.3 Å². The molecule has 0 bridgehead atoms. The summed E-state index contributed by atoms with van der Waals surface area (Å²) in [6.45, 7) is 0.552. The van der Waals surface area contributed by atoms with E-state index in [1.165, 1.54) is 11.8 Å². The van der Waals surface area contributed by atoms with Crippen LogP contribution in [0, 0.1) is 0 Å². The zero-order chi connectivity index (χ0) is 24.0. The van der Waals surface area contributed by atoms with E-state index in [1.54, 1.807) is 12.0 Å². The number of anilines is 1. The number of carbonyl (C=O) groups excluding carboxylic acids is 2. The smallest absolute Gasteiger partial charge is 0.266 e.